The van der Waals surface area contributed by atoms with E-state index in [4.69, 9.17) is 19.5 Å². The molecule has 40 heavy (non-hydrogen) atoms. The fourth-order valence-electron chi connectivity index (χ4n) is 4.12. The van der Waals surface area contributed by atoms with Gasteiger partial charge in [-0.3, -0.25) is 14.9 Å². The van der Waals surface area contributed by atoms with Gasteiger partial charge >= 0.3 is 17.7 Å². The molecule has 0 aromatic heterocycles. The first-order valence-corrected chi connectivity index (χ1v) is 12.9. The van der Waals surface area contributed by atoms with Gasteiger partial charge < -0.3 is 24.0 Å². The molecule has 1 amide bonds. The first-order valence-electron chi connectivity index (χ1n) is 12.9. The smallest absolute Gasteiger partial charge is 0.410 e. The van der Waals surface area contributed by atoms with E-state index >= 15 is 0 Å². The number of carbonyl (C=O) groups excluding carboxylic acids is 2. The molecule has 2 aromatic carbocycles. The number of hydrogen-bond donors (Lipinski definition) is 0. The van der Waals surface area contributed by atoms with Crippen molar-refractivity contribution >= 4 is 29.5 Å². The number of nitro groups is 1. The van der Waals surface area contributed by atoms with Crippen LogP contribution in [0.2, 0.25) is 0 Å². The lowest BCUT2D eigenvalue weighted by atomic mass is 10.1. The molecule has 0 radical (unpaired) electrons. The average molecular weight is 551 g/mol. The molecular formula is C29H34N4O7. The van der Waals surface area contributed by atoms with Crippen LogP contribution < -0.4 is 9.64 Å². The molecule has 3 rings (SSSR count). The predicted octanol–water partition coefficient (Wildman–Crippen LogP) is 4.94. The lowest BCUT2D eigenvalue weighted by Gasteiger charge is -2.33. The number of likely N-dealkylation sites (tertiary alicyclic amines) is 1. The second kappa shape index (κ2) is 13.5. The van der Waals surface area contributed by atoms with E-state index < -0.39 is 22.6 Å². The summed E-state index contributed by atoms with van der Waals surface area (Å²) in [4.78, 5) is 39.1. The molecule has 0 bridgehead atoms. The van der Waals surface area contributed by atoms with Crippen molar-refractivity contribution in [2.75, 3.05) is 38.2 Å². The van der Waals surface area contributed by atoms with Crippen molar-refractivity contribution in [2.45, 2.75) is 45.3 Å². The minimum Gasteiger partial charge on any atom is -0.483 e. The maximum absolute atomic E-state index is 12.3. The summed E-state index contributed by atoms with van der Waals surface area (Å²) in [6.07, 6.45) is 3.92. The Bertz CT molecular complexity index is 1290. The number of hydrogen-bond acceptors (Lipinski definition) is 9. The Balaban J connectivity index is 1.73. The summed E-state index contributed by atoms with van der Waals surface area (Å²) in [5.41, 5.74) is 0.958. The number of carbonyl (C=O) groups is 2. The van der Waals surface area contributed by atoms with Crippen LogP contribution in [-0.4, -0.2) is 66.9 Å². The summed E-state index contributed by atoms with van der Waals surface area (Å²) in [6.45, 7) is 6.39. The first kappa shape index (κ1) is 30.0. The van der Waals surface area contributed by atoms with E-state index in [9.17, 15) is 19.7 Å². The van der Waals surface area contributed by atoms with Crippen molar-refractivity contribution in [3.05, 3.63) is 69.8 Å². The van der Waals surface area contributed by atoms with Crippen LogP contribution in [0.5, 0.6) is 5.75 Å². The summed E-state index contributed by atoms with van der Waals surface area (Å²) in [6, 6.07) is 13.7. The molecule has 11 nitrogen and oxygen atoms in total. The predicted molar refractivity (Wildman–Crippen MR) is 149 cm³/mol. The van der Waals surface area contributed by atoms with Gasteiger partial charge in [0.2, 0.25) is 0 Å². The zero-order valence-corrected chi connectivity index (χ0v) is 23.2. The number of nitriles is 1. The Hall–Kier alpha value is -4.59. The Morgan fingerprint density at radius 1 is 1.20 bits per heavy atom. The number of ether oxygens (including phenoxy) is 3. The van der Waals surface area contributed by atoms with Gasteiger partial charge in [0.25, 0.3) is 0 Å². The van der Waals surface area contributed by atoms with Crippen molar-refractivity contribution in [1.29, 1.82) is 5.26 Å². The first-order chi connectivity index (χ1) is 19.0. The highest BCUT2D eigenvalue weighted by Gasteiger charge is 2.29. The van der Waals surface area contributed by atoms with Gasteiger partial charge in [-0.25, -0.2) is 4.79 Å². The Labute approximate surface area is 233 Å². The molecule has 0 aliphatic carbocycles. The highest BCUT2D eigenvalue weighted by atomic mass is 16.6. The number of rotatable bonds is 9. The standard InChI is InChI=1S/C29H34N4O7/c1-29(2,3)40-28(35)31-15-12-24(13-16-31)39-26-11-10-23(18-25(26)33(36)37)32(20-27(34)38-4)14-6-9-21-7-5-8-22(17-21)19-30/h5-11,17-18,24H,12-16,20H2,1-4H3. The average Bonchev–Trinajstić information content (AvgIpc) is 2.92. The van der Waals surface area contributed by atoms with Crippen LogP contribution in [0.25, 0.3) is 6.08 Å². The molecule has 0 spiro atoms. The third kappa shape index (κ3) is 8.73. The van der Waals surface area contributed by atoms with Gasteiger partial charge in [-0.05, 0) is 50.6 Å². The van der Waals surface area contributed by atoms with Crippen molar-refractivity contribution in [1.82, 2.24) is 4.90 Å². The van der Waals surface area contributed by atoms with Gasteiger partial charge in [-0.15, -0.1) is 0 Å². The van der Waals surface area contributed by atoms with Crippen LogP contribution in [0.3, 0.4) is 0 Å². The number of benzene rings is 2. The molecule has 212 valence electrons. The number of esters is 1. The number of anilines is 1. The van der Waals surface area contributed by atoms with Crippen LogP contribution in [-0.2, 0) is 14.3 Å². The van der Waals surface area contributed by atoms with Crippen molar-refractivity contribution in [3.63, 3.8) is 0 Å². The summed E-state index contributed by atoms with van der Waals surface area (Å²) in [5, 5.41) is 21.1. The van der Waals surface area contributed by atoms with Crippen molar-refractivity contribution < 1.29 is 28.7 Å². The van der Waals surface area contributed by atoms with E-state index in [1.54, 1.807) is 67.0 Å². The molecule has 0 saturated carbocycles. The summed E-state index contributed by atoms with van der Waals surface area (Å²) in [7, 11) is 1.28. The number of nitrogens with zero attached hydrogens (tertiary/aromatic N) is 4. The molecule has 1 heterocycles. The summed E-state index contributed by atoms with van der Waals surface area (Å²) >= 11 is 0. The van der Waals surface area contributed by atoms with Crippen molar-refractivity contribution in [3.8, 4) is 11.8 Å². The second-order valence-corrected chi connectivity index (χ2v) is 10.3. The van der Waals surface area contributed by atoms with Gasteiger partial charge in [0, 0.05) is 44.2 Å². The highest BCUT2D eigenvalue weighted by molar-refractivity contribution is 5.76. The maximum atomic E-state index is 12.3. The lowest BCUT2D eigenvalue weighted by molar-refractivity contribution is -0.386. The summed E-state index contributed by atoms with van der Waals surface area (Å²) in [5.74, 6) is -0.383. The van der Waals surface area contributed by atoms with E-state index in [1.165, 1.54) is 19.2 Å². The van der Waals surface area contributed by atoms with Gasteiger partial charge in [0.1, 0.15) is 18.2 Å². The normalized spacial score (nSPS) is 13.9. The second-order valence-electron chi connectivity index (χ2n) is 10.3. The summed E-state index contributed by atoms with van der Waals surface area (Å²) < 4.78 is 16.2. The van der Waals surface area contributed by atoms with E-state index in [0.29, 0.717) is 37.2 Å². The molecule has 11 heteroatoms. The van der Waals surface area contributed by atoms with Gasteiger partial charge in [0.05, 0.1) is 23.7 Å². The van der Waals surface area contributed by atoms with Gasteiger partial charge in [-0.1, -0.05) is 24.3 Å². The zero-order valence-electron chi connectivity index (χ0n) is 23.2. The van der Waals surface area contributed by atoms with E-state index in [-0.39, 0.29) is 30.6 Å². The topological polar surface area (TPSA) is 135 Å². The van der Waals surface area contributed by atoms with Crippen LogP contribution in [0.15, 0.2) is 48.5 Å². The van der Waals surface area contributed by atoms with Gasteiger partial charge in [-0.2, -0.15) is 5.26 Å². The molecule has 2 aromatic rings. The van der Waals surface area contributed by atoms with Crippen LogP contribution in [0.4, 0.5) is 16.2 Å². The third-order valence-corrected chi connectivity index (χ3v) is 6.09. The SMILES string of the molecule is COC(=O)CN(CC=Cc1cccc(C#N)c1)c1ccc(OC2CCN(C(=O)OC(C)(C)C)CC2)c([N+](=O)[O-])c1. The molecule has 1 aliphatic rings. The number of amides is 1. The quantitative estimate of drug-likeness (QED) is 0.242. The third-order valence-electron chi connectivity index (χ3n) is 6.09. The number of methoxy groups -OCH3 is 1. The molecule has 1 aliphatic heterocycles. The van der Waals surface area contributed by atoms with Crippen LogP contribution in [0.1, 0.15) is 44.7 Å². The Kier molecular flexibility index (Phi) is 10.1. The van der Waals surface area contributed by atoms with Crippen LogP contribution in [0, 0.1) is 21.4 Å². The largest absolute Gasteiger partial charge is 0.483 e. The molecule has 0 atom stereocenters. The monoisotopic (exact) mass is 550 g/mol. The van der Waals surface area contributed by atoms with Gasteiger partial charge in [0.15, 0.2) is 5.75 Å². The minimum atomic E-state index is -0.590. The van der Waals surface area contributed by atoms with Crippen molar-refractivity contribution in [2.24, 2.45) is 0 Å². The Morgan fingerprint density at radius 3 is 2.55 bits per heavy atom. The maximum Gasteiger partial charge on any atom is 0.410 e. The molecule has 0 unspecified atom stereocenters. The lowest BCUT2D eigenvalue weighted by Crippen LogP contribution is -2.44. The number of nitro benzene ring substituents is 1. The molecule has 1 saturated heterocycles. The fraction of sp³-hybridized carbons (Fsp3) is 0.414. The molecule has 0 N–H and O–H groups in total. The minimum absolute atomic E-state index is 0.117. The van der Waals surface area contributed by atoms with Crippen LogP contribution >= 0.6 is 0 Å². The van der Waals surface area contributed by atoms with E-state index in [0.717, 1.165) is 5.56 Å². The zero-order chi connectivity index (χ0) is 29.3. The highest BCUT2D eigenvalue weighted by Crippen LogP contribution is 2.34. The van der Waals surface area contributed by atoms with E-state index in [1.807, 2.05) is 6.07 Å². The number of piperidine rings is 1. The fourth-order valence-corrected chi connectivity index (χ4v) is 4.12. The molecule has 1 fully saturated rings. The molecular weight excluding hydrogens is 516 g/mol. The van der Waals surface area contributed by atoms with E-state index in [2.05, 4.69) is 6.07 Å². The Morgan fingerprint density at radius 2 is 1.93 bits per heavy atom.